The molecule has 1 aromatic rings. The number of carboxylic acids is 3. The molecule has 0 aliphatic rings. The van der Waals surface area contributed by atoms with E-state index in [0.29, 0.717) is 5.69 Å². The van der Waals surface area contributed by atoms with E-state index in [4.69, 9.17) is 33.1 Å². The fourth-order valence-electron chi connectivity index (χ4n) is 4.06. The summed E-state index contributed by atoms with van der Waals surface area (Å²) in [5.41, 5.74) is 22.4. The van der Waals surface area contributed by atoms with Crippen molar-refractivity contribution in [2.45, 2.75) is 81.6 Å². The molecule has 0 aromatic carbocycles. The van der Waals surface area contributed by atoms with Crippen LogP contribution >= 0.6 is 0 Å². The molecule has 0 spiro atoms. The van der Waals surface area contributed by atoms with Crippen LogP contribution in [0.1, 0.15) is 50.6 Å². The van der Waals surface area contributed by atoms with Gasteiger partial charge >= 0.3 is 17.9 Å². The monoisotopic (exact) mass is 683 g/mol. The Balaban J connectivity index is 3.23. The number of amides is 5. The number of aromatic amines is 1. The summed E-state index contributed by atoms with van der Waals surface area (Å²) in [5.74, 6) is -9.75. The molecular formula is C26H41N11O11. The summed E-state index contributed by atoms with van der Waals surface area (Å²) in [7, 11) is 0. The van der Waals surface area contributed by atoms with Crippen molar-refractivity contribution in [2.75, 3.05) is 6.54 Å². The molecule has 0 unspecified atom stereocenters. The Morgan fingerprint density at radius 2 is 1.27 bits per heavy atom. The summed E-state index contributed by atoms with van der Waals surface area (Å²) >= 11 is 0. The number of guanidine groups is 1. The molecule has 1 heterocycles. The van der Waals surface area contributed by atoms with Gasteiger partial charge in [-0.2, -0.15) is 0 Å². The van der Waals surface area contributed by atoms with Gasteiger partial charge in [-0.3, -0.25) is 38.6 Å². The zero-order chi connectivity index (χ0) is 36.4. The Hall–Kier alpha value is -5.80. The summed E-state index contributed by atoms with van der Waals surface area (Å²) in [6, 6.07) is -7.67. The molecule has 22 nitrogen and oxygen atoms in total. The second-order valence-electron chi connectivity index (χ2n) is 10.5. The van der Waals surface area contributed by atoms with E-state index in [1.54, 1.807) is 0 Å². The summed E-state index contributed by atoms with van der Waals surface area (Å²) in [5, 5.41) is 36.3. The molecule has 0 saturated heterocycles. The molecule has 0 fully saturated rings. The van der Waals surface area contributed by atoms with Gasteiger partial charge in [0.25, 0.3) is 0 Å². The van der Waals surface area contributed by atoms with Gasteiger partial charge in [0.05, 0.1) is 18.8 Å². The lowest BCUT2D eigenvalue weighted by Crippen LogP contribution is -2.58. The summed E-state index contributed by atoms with van der Waals surface area (Å²) in [6.07, 6.45) is -0.156. The normalized spacial score (nSPS) is 13.8. The number of primary amides is 1. The minimum absolute atomic E-state index is 0.0345. The molecular weight excluding hydrogens is 642 g/mol. The van der Waals surface area contributed by atoms with Gasteiger partial charge in [-0.25, -0.2) is 9.78 Å². The zero-order valence-corrected chi connectivity index (χ0v) is 25.7. The number of hydrogen-bond donors (Lipinski definition) is 12. The van der Waals surface area contributed by atoms with Crippen molar-refractivity contribution in [1.82, 2.24) is 31.2 Å². The van der Waals surface area contributed by atoms with Crippen molar-refractivity contribution in [3.63, 3.8) is 0 Å². The standard InChI is InChI=1S/C26H41N11O11/c27-13(8-12-10-31-11-33-12)21(43)34-14(2-1-7-32-26(29)30)22(44)35-15(3-5-18(28)38)23(45)36-16(4-6-19(39)40)24(46)37-17(25(47)48)9-20(41)42/h10-11,13-17H,1-9,27H2,(H2,28,38)(H,31,33)(H,34,43)(H,35,44)(H,36,45)(H,37,46)(H,39,40)(H,41,42)(H,47,48)(H4,29,30,32)/t13-,14-,15-,16-,17-/m0/s1. The van der Waals surface area contributed by atoms with Crippen LogP contribution < -0.4 is 44.2 Å². The fraction of sp³-hybridized carbons (Fsp3) is 0.538. The maximum atomic E-state index is 13.4. The van der Waals surface area contributed by atoms with E-state index in [1.165, 1.54) is 12.5 Å². The maximum absolute atomic E-state index is 13.4. The Bertz CT molecular complexity index is 1330. The van der Waals surface area contributed by atoms with Gasteiger partial charge in [-0.15, -0.1) is 0 Å². The minimum Gasteiger partial charge on any atom is -0.481 e. The molecule has 1 rings (SSSR count). The number of aliphatic carboxylic acids is 3. The third-order valence-electron chi connectivity index (χ3n) is 6.50. The third-order valence-corrected chi connectivity index (χ3v) is 6.50. The molecule has 5 amide bonds. The predicted octanol–water partition coefficient (Wildman–Crippen LogP) is -5.04. The number of hydrogen-bond acceptors (Lipinski definition) is 11. The Kier molecular flexibility index (Phi) is 17.1. The van der Waals surface area contributed by atoms with Crippen LogP contribution in [0.3, 0.4) is 0 Å². The van der Waals surface area contributed by atoms with Crippen molar-refractivity contribution in [3.05, 3.63) is 18.2 Å². The smallest absolute Gasteiger partial charge is 0.326 e. The molecule has 16 N–H and O–H groups in total. The van der Waals surface area contributed by atoms with Crippen LogP contribution in [0.5, 0.6) is 0 Å². The van der Waals surface area contributed by atoms with E-state index < -0.39 is 110 Å². The molecule has 266 valence electrons. The second-order valence-corrected chi connectivity index (χ2v) is 10.5. The first kappa shape index (κ1) is 40.2. The summed E-state index contributed by atoms with van der Waals surface area (Å²) < 4.78 is 0. The number of aromatic nitrogens is 2. The van der Waals surface area contributed by atoms with Crippen molar-refractivity contribution in [1.29, 1.82) is 0 Å². The maximum Gasteiger partial charge on any atom is 0.326 e. The number of carbonyl (C=O) groups is 8. The minimum atomic E-state index is -1.92. The van der Waals surface area contributed by atoms with Gasteiger partial charge in [-0.05, 0) is 25.7 Å². The van der Waals surface area contributed by atoms with Gasteiger partial charge in [0.1, 0.15) is 24.2 Å². The molecule has 0 aliphatic carbocycles. The van der Waals surface area contributed by atoms with E-state index in [-0.39, 0.29) is 31.8 Å². The lowest BCUT2D eigenvalue weighted by Gasteiger charge is -2.26. The van der Waals surface area contributed by atoms with Crippen LogP contribution in [0.4, 0.5) is 0 Å². The van der Waals surface area contributed by atoms with Crippen molar-refractivity contribution in [2.24, 2.45) is 27.9 Å². The van der Waals surface area contributed by atoms with Crippen LogP contribution in [0.2, 0.25) is 0 Å². The molecule has 0 saturated carbocycles. The number of nitrogens with one attached hydrogen (secondary N) is 5. The highest BCUT2D eigenvalue weighted by Crippen LogP contribution is 2.07. The second kappa shape index (κ2) is 20.3. The Labute approximate surface area is 272 Å². The molecule has 0 aliphatic heterocycles. The van der Waals surface area contributed by atoms with Gasteiger partial charge < -0.3 is 64.5 Å². The Morgan fingerprint density at radius 3 is 1.73 bits per heavy atom. The number of carbonyl (C=O) groups excluding carboxylic acids is 5. The number of nitrogens with two attached hydrogens (primary N) is 4. The van der Waals surface area contributed by atoms with E-state index in [2.05, 4.69) is 30.9 Å². The zero-order valence-electron chi connectivity index (χ0n) is 25.7. The van der Waals surface area contributed by atoms with Gasteiger partial charge in [0.2, 0.25) is 29.5 Å². The SMILES string of the molecule is NC(=O)CC[C@H](NC(=O)[C@H](CCCN=C(N)N)NC(=O)[C@@H](N)Cc1cnc[nH]1)C(=O)N[C@@H](CCC(=O)O)C(=O)N[C@@H](CC(=O)O)C(=O)O. The lowest BCUT2D eigenvalue weighted by atomic mass is 10.0. The molecule has 1 aromatic heterocycles. The predicted molar refractivity (Wildman–Crippen MR) is 163 cm³/mol. The third kappa shape index (κ3) is 16.0. The molecule has 0 bridgehead atoms. The topological polar surface area (TPSA) is 390 Å². The van der Waals surface area contributed by atoms with Crippen LogP contribution in [0, 0.1) is 0 Å². The summed E-state index contributed by atoms with van der Waals surface area (Å²) in [4.78, 5) is 108. The number of imidazole rings is 1. The molecule has 22 heteroatoms. The average Bonchev–Trinajstić information content (AvgIpc) is 3.50. The number of nitrogens with zero attached hydrogens (tertiary/aromatic N) is 2. The van der Waals surface area contributed by atoms with Crippen LogP contribution in [0.25, 0.3) is 0 Å². The molecule has 5 atom stereocenters. The van der Waals surface area contributed by atoms with Gasteiger partial charge in [0, 0.05) is 37.7 Å². The first-order chi connectivity index (χ1) is 22.5. The van der Waals surface area contributed by atoms with Crippen LogP contribution in [-0.2, 0) is 44.8 Å². The summed E-state index contributed by atoms with van der Waals surface area (Å²) in [6.45, 7) is 0.0629. The highest BCUT2D eigenvalue weighted by Gasteiger charge is 2.32. The van der Waals surface area contributed by atoms with E-state index in [0.717, 1.165) is 0 Å². The number of aliphatic imine (C=N–C) groups is 1. The van der Waals surface area contributed by atoms with Crippen LogP contribution in [0.15, 0.2) is 17.5 Å². The molecule has 48 heavy (non-hydrogen) atoms. The first-order valence-corrected chi connectivity index (χ1v) is 14.4. The Morgan fingerprint density at radius 1 is 0.750 bits per heavy atom. The van der Waals surface area contributed by atoms with Gasteiger partial charge in [0.15, 0.2) is 5.96 Å². The van der Waals surface area contributed by atoms with E-state index in [1.807, 2.05) is 5.32 Å². The molecule has 0 radical (unpaired) electrons. The van der Waals surface area contributed by atoms with E-state index in [9.17, 15) is 43.5 Å². The number of rotatable bonds is 23. The average molecular weight is 684 g/mol. The highest BCUT2D eigenvalue weighted by atomic mass is 16.4. The van der Waals surface area contributed by atoms with Crippen LogP contribution in [-0.4, -0.2) is 115 Å². The lowest BCUT2D eigenvalue weighted by molar-refractivity contribution is -0.147. The largest absolute Gasteiger partial charge is 0.481 e. The quantitative estimate of drug-likeness (QED) is 0.0292. The number of H-pyrrole nitrogens is 1. The van der Waals surface area contributed by atoms with Crippen molar-refractivity contribution >= 4 is 53.4 Å². The van der Waals surface area contributed by atoms with Crippen molar-refractivity contribution < 1.29 is 53.7 Å². The van der Waals surface area contributed by atoms with E-state index >= 15 is 0 Å². The number of carboxylic acid groups (broad SMARTS) is 3. The first-order valence-electron chi connectivity index (χ1n) is 14.4. The highest BCUT2D eigenvalue weighted by molar-refractivity contribution is 5.96. The fourth-order valence-corrected chi connectivity index (χ4v) is 4.06. The van der Waals surface area contributed by atoms with Gasteiger partial charge in [-0.1, -0.05) is 0 Å². The van der Waals surface area contributed by atoms with Crippen molar-refractivity contribution in [3.8, 4) is 0 Å².